The van der Waals surface area contributed by atoms with Crippen molar-refractivity contribution in [3.05, 3.63) is 54.0 Å². The van der Waals surface area contributed by atoms with Crippen LogP contribution < -0.4 is 16.0 Å². The topological polar surface area (TPSA) is 100 Å². The summed E-state index contributed by atoms with van der Waals surface area (Å²) in [5.41, 5.74) is 0.427. The maximum Gasteiger partial charge on any atom is 0.286 e. The van der Waals surface area contributed by atoms with E-state index in [1.807, 2.05) is 20.8 Å². The second-order valence-electron chi connectivity index (χ2n) is 6.78. The minimum Gasteiger partial charge on any atom is -0.459 e. The predicted octanol–water partition coefficient (Wildman–Crippen LogP) is 2.57. The first-order valence-electron chi connectivity index (χ1n) is 8.29. The molecule has 0 spiro atoms. The van der Waals surface area contributed by atoms with Crippen molar-refractivity contribution in [2.75, 3.05) is 11.9 Å². The molecule has 26 heavy (non-hydrogen) atoms. The number of nitrogens with one attached hydrogen (secondary N) is 3. The van der Waals surface area contributed by atoms with Crippen molar-refractivity contribution >= 4 is 23.4 Å². The summed E-state index contributed by atoms with van der Waals surface area (Å²) >= 11 is 0. The predicted molar refractivity (Wildman–Crippen MR) is 97.9 cm³/mol. The second kappa shape index (κ2) is 8.33. The van der Waals surface area contributed by atoms with Gasteiger partial charge >= 0.3 is 0 Å². The Morgan fingerprint density at radius 2 is 1.73 bits per heavy atom. The van der Waals surface area contributed by atoms with Gasteiger partial charge < -0.3 is 20.4 Å². The Balaban J connectivity index is 1.90. The molecule has 0 radical (unpaired) electrons. The quantitative estimate of drug-likeness (QED) is 0.740. The van der Waals surface area contributed by atoms with Gasteiger partial charge in [0.05, 0.1) is 17.5 Å². The van der Waals surface area contributed by atoms with E-state index >= 15 is 0 Å². The smallest absolute Gasteiger partial charge is 0.286 e. The van der Waals surface area contributed by atoms with Gasteiger partial charge in [0, 0.05) is 18.5 Å². The second-order valence-corrected chi connectivity index (χ2v) is 6.78. The van der Waals surface area contributed by atoms with Crippen LogP contribution in [0.4, 0.5) is 5.69 Å². The van der Waals surface area contributed by atoms with Crippen molar-refractivity contribution in [3.8, 4) is 0 Å². The van der Waals surface area contributed by atoms with Crippen LogP contribution in [-0.4, -0.2) is 29.8 Å². The maximum absolute atomic E-state index is 12.4. The van der Waals surface area contributed by atoms with E-state index in [-0.39, 0.29) is 42.0 Å². The first-order chi connectivity index (χ1) is 12.3. The van der Waals surface area contributed by atoms with Crippen molar-refractivity contribution < 1.29 is 18.8 Å². The fourth-order valence-corrected chi connectivity index (χ4v) is 2.20. The Kier molecular flexibility index (Phi) is 6.16. The van der Waals surface area contributed by atoms with Gasteiger partial charge in [0.25, 0.3) is 11.8 Å². The van der Waals surface area contributed by atoms with Crippen LogP contribution in [0.15, 0.2) is 47.1 Å². The Morgan fingerprint density at radius 3 is 2.38 bits per heavy atom. The highest BCUT2D eigenvalue weighted by atomic mass is 16.3. The van der Waals surface area contributed by atoms with Gasteiger partial charge in [0.2, 0.25) is 5.91 Å². The molecule has 138 valence electrons. The first kappa shape index (κ1) is 19.2. The van der Waals surface area contributed by atoms with Crippen LogP contribution in [0.3, 0.4) is 0 Å². The van der Waals surface area contributed by atoms with Crippen molar-refractivity contribution in [1.29, 1.82) is 0 Å². The number of rotatable bonds is 6. The van der Waals surface area contributed by atoms with Gasteiger partial charge in [0.1, 0.15) is 0 Å². The lowest BCUT2D eigenvalue weighted by Gasteiger charge is -2.21. The lowest BCUT2D eigenvalue weighted by molar-refractivity contribution is -0.116. The van der Waals surface area contributed by atoms with E-state index in [4.69, 9.17) is 4.42 Å². The van der Waals surface area contributed by atoms with Crippen molar-refractivity contribution in [3.63, 3.8) is 0 Å². The molecule has 0 saturated heterocycles. The fraction of sp³-hybridized carbons (Fsp3) is 0.316. The molecule has 0 unspecified atom stereocenters. The van der Waals surface area contributed by atoms with Crippen LogP contribution in [0.25, 0.3) is 0 Å². The average molecular weight is 357 g/mol. The Bertz CT molecular complexity index is 776. The summed E-state index contributed by atoms with van der Waals surface area (Å²) in [4.78, 5) is 36.2. The normalized spacial score (nSPS) is 10.9. The summed E-state index contributed by atoms with van der Waals surface area (Å²) < 4.78 is 4.97. The Morgan fingerprint density at radius 1 is 1.00 bits per heavy atom. The zero-order valence-electron chi connectivity index (χ0n) is 15.1. The number of carbonyl (C=O) groups is 3. The summed E-state index contributed by atoms with van der Waals surface area (Å²) in [5.74, 6) is -0.761. The van der Waals surface area contributed by atoms with Gasteiger partial charge in [-0.15, -0.1) is 0 Å². The summed E-state index contributed by atoms with van der Waals surface area (Å²) in [6, 6.07) is 9.94. The molecular weight excluding hydrogens is 334 g/mol. The fourth-order valence-electron chi connectivity index (χ4n) is 2.20. The molecule has 0 bridgehead atoms. The molecule has 1 aromatic carbocycles. The van der Waals surface area contributed by atoms with E-state index in [0.29, 0.717) is 11.3 Å². The van der Waals surface area contributed by atoms with Crippen molar-refractivity contribution in [2.24, 2.45) is 0 Å². The lowest BCUT2D eigenvalue weighted by Crippen LogP contribution is -2.40. The Labute approximate surface area is 152 Å². The third-order valence-corrected chi connectivity index (χ3v) is 3.32. The summed E-state index contributed by atoms with van der Waals surface area (Å²) in [7, 11) is 0. The van der Waals surface area contributed by atoms with Gasteiger partial charge in [-0.2, -0.15) is 0 Å². The third-order valence-electron chi connectivity index (χ3n) is 3.32. The van der Waals surface area contributed by atoms with Gasteiger partial charge in [-0.3, -0.25) is 14.4 Å². The summed E-state index contributed by atoms with van der Waals surface area (Å²) in [5, 5.41) is 8.17. The number of furan rings is 1. The van der Waals surface area contributed by atoms with E-state index in [9.17, 15) is 14.4 Å². The maximum atomic E-state index is 12.4. The number of hydrogen-bond donors (Lipinski definition) is 3. The molecule has 0 aliphatic heterocycles. The molecule has 1 aromatic heterocycles. The molecule has 0 fully saturated rings. The van der Waals surface area contributed by atoms with E-state index in [1.54, 1.807) is 36.4 Å². The number of benzene rings is 1. The first-order valence-corrected chi connectivity index (χ1v) is 8.29. The van der Waals surface area contributed by atoms with E-state index in [0.717, 1.165) is 0 Å². The summed E-state index contributed by atoms with van der Waals surface area (Å²) in [6.45, 7) is 5.80. The molecule has 2 aromatic rings. The number of carbonyl (C=O) groups excluding carboxylic acids is 3. The number of hydrogen-bond acceptors (Lipinski definition) is 4. The van der Waals surface area contributed by atoms with Crippen LogP contribution >= 0.6 is 0 Å². The third kappa shape index (κ3) is 5.77. The molecule has 0 aliphatic carbocycles. The number of para-hydroxylation sites is 1. The largest absolute Gasteiger partial charge is 0.459 e. The van der Waals surface area contributed by atoms with Gasteiger partial charge in [0.15, 0.2) is 5.76 Å². The van der Waals surface area contributed by atoms with Crippen LogP contribution in [0.1, 0.15) is 48.1 Å². The standard InChI is InChI=1S/C19H23N3O4/c1-19(2,3)22-17(24)13-7-4-5-8-14(13)21-16(23)10-11-20-18(25)15-9-6-12-26-15/h4-9,12H,10-11H2,1-3H3,(H,20,25)(H,21,23)(H,22,24). The summed E-state index contributed by atoms with van der Waals surface area (Å²) in [6.07, 6.45) is 1.48. The van der Waals surface area contributed by atoms with Crippen molar-refractivity contribution in [1.82, 2.24) is 10.6 Å². The van der Waals surface area contributed by atoms with Crippen LogP contribution in [0.2, 0.25) is 0 Å². The van der Waals surface area contributed by atoms with E-state index < -0.39 is 0 Å². The molecule has 1 heterocycles. The molecule has 3 amide bonds. The highest BCUT2D eigenvalue weighted by Gasteiger charge is 2.18. The number of amides is 3. The van der Waals surface area contributed by atoms with Gasteiger partial charge in [-0.25, -0.2) is 0 Å². The lowest BCUT2D eigenvalue weighted by atomic mass is 10.1. The molecular formula is C19H23N3O4. The Hall–Kier alpha value is -3.09. The molecule has 7 heteroatoms. The molecule has 7 nitrogen and oxygen atoms in total. The van der Waals surface area contributed by atoms with E-state index in [2.05, 4.69) is 16.0 Å². The number of anilines is 1. The molecule has 0 atom stereocenters. The average Bonchev–Trinajstić information content (AvgIpc) is 3.08. The zero-order valence-corrected chi connectivity index (χ0v) is 15.1. The molecule has 0 saturated carbocycles. The van der Waals surface area contributed by atoms with Crippen LogP contribution in [-0.2, 0) is 4.79 Å². The molecule has 2 rings (SSSR count). The molecule has 0 aliphatic rings. The van der Waals surface area contributed by atoms with Gasteiger partial charge in [-0.1, -0.05) is 12.1 Å². The highest BCUT2D eigenvalue weighted by Crippen LogP contribution is 2.16. The van der Waals surface area contributed by atoms with E-state index in [1.165, 1.54) is 6.26 Å². The minimum absolute atomic E-state index is 0.0711. The van der Waals surface area contributed by atoms with Crippen LogP contribution in [0, 0.1) is 0 Å². The highest BCUT2D eigenvalue weighted by molar-refractivity contribution is 6.04. The van der Waals surface area contributed by atoms with Crippen LogP contribution in [0.5, 0.6) is 0 Å². The monoisotopic (exact) mass is 357 g/mol. The minimum atomic E-state index is -0.385. The van der Waals surface area contributed by atoms with Crippen molar-refractivity contribution in [2.45, 2.75) is 32.7 Å². The SMILES string of the molecule is CC(C)(C)NC(=O)c1ccccc1NC(=O)CCNC(=O)c1ccco1. The zero-order chi connectivity index (χ0) is 19.2. The molecule has 3 N–H and O–H groups in total. The van der Waals surface area contributed by atoms with Gasteiger partial charge in [-0.05, 0) is 45.0 Å².